The van der Waals surface area contributed by atoms with E-state index in [4.69, 9.17) is 34.9 Å². The molecule has 0 bridgehead atoms. The Morgan fingerprint density at radius 1 is 1.06 bits per heavy atom. The first-order chi connectivity index (χ1) is 15.5. The number of morpholine rings is 1. The van der Waals surface area contributed by atoms with Crippen molar-refractivity contribution in [2.24, 2.45) is 0 Å². The van der Waals surface area contributed by atoms with E-state index in [1.165, 1.54) is 0 Å². The van der Waals surface area contributed by atoms with Gasteiger partial charge < -0.3 is 19.5 Å². The van der Waals surface area contributed by atoms with Crippen LogP contribution in [0.2, 0.25) is 5.02 Å². The van der Waals surface area contributed by atoms with E-state index in [9.17, 15) is 16.8 Å². The lowest BCUT2D eigenvalue weighted by Crippen LogP contribution is -2.43. The third-order valence-corrected chi connectivity index (χ3v) is 6.33. The summed E-state index contributed by atoms with van der Waals surface area (Å²) in [6.07, 6.45) is -0.286. The zero-order chi connectivity index (χ0) is 24.5. The molecule has 13 heteroatoms. The first kappa shape index (κ1) is 27.3. The monoisotopic (exact) mass is 523 g/mol. The SMILES string of the molecule is COc1cc(Cl)ccc1O[C@@H](c1ccccc1)C1CNCCO1.O=S(=O)(O)CCS(=O)(=O)O. The fourth-order valence-corrected chi connectivity index (χ4v) is 4.71. The minimum absolute atomic E-state index is 0.0634. The summed E-state index contributed by atoms with van der Waals surface area (Å²) in [5.74, 6) is -0.695. The van der Waals surface area contributed by atoms with Crippen LogP contribution < -0.4 is 14.8 Å². The van der Waals surface area contributed by atoms with Crippen molar-refractivity contribution in [1.29, 1.82) is 0 Å². The molecule has 0 aromatic heterocycles. The quantitative estimate of drug-likeness (QED) is 0.439. The van der Waals surface area contributed by atoms with Gasteiger partial charge in [0, 0.05) is 24.2 Å². The molecule has 3 N–H and O–H groups in total. The molecule has 1 saturated heterocycles. The molecule has 1 aliphatic rings. The molecule has 33 heavy (non-hydrogen) atoms. The van der Waals surface area contributed by atoms with Crippen LogP contribution in [0.15, 0.2) is 48.5 Å². The average molecular weight is 524 g/mol. The van der Waals surface area contributed by atoms with Crippen LogP contribution in [-0.2, 0) is 25.0 Å². The Labute approximate surface area is 198 Å². The van der Waals surface area contributed by atoms with E-state index in [1.807, 2.05) is 36.4 Å². The van der Waals surface area contributed by atoms with Crippen molar-refractivity contribution in [1.82, 2.24) is 5.32 Å². The molecule has 2 aromatic rings. The number of halogens is 1. The number of benzene rings is 2. The lowest BCUT2D eigenvalue weighted by atomic mass is 10.0. The van der Waals surface area contributed by atoms with Gasteiger partial charge in [0.15, 0.2) is 17.6 Å². The lowest BCUT2D eigenvalue weighted by molar-refractivity contribution is -0.0438. The van der Waals surface area contributed by atoms with Crippen LogP contribution in [-0.4, -0.2) is 70.4 Å². The van der Waals surface area contributed by atoms with Crippen LogP contribution in [0.1, 0.15) is 11.7 Å². The molecule has 0 amide bonds. The van der Waals surface area contributed by atoms with Gasteiger partial charge in [0.25, 0.3) is 20.2 Å². The summed E-state index contributed by atoms with van der Waals surface area (Å²) in [6, 6.07) is 15.5. The van der Waals surface area contributed by atoms with Crippen molar-refractivity contribution in [3.63, 3.8) is 0 Å². The molecule has 2 atom stereocenters. The van der Waals surface area contributed by atoms with E-state index in [-0.39, 0.29) is 12.2 Å². The van der Waals surface area contributed by atoms with Gasteiger partial charge >= 0.3 is 0 Å². The summed E-state index contributed by atoms with van der Waals surface area (Å²) >= 11 is 6.03. The van der Waals surface area contributed by atoms with Crippen LogP contribution in [0.5, 0.6) is 11.5 Å². The first-order valence-corrected chi connectivity index (χ1v) is 13.4. The van der Waals surface area contributed by atoms with Crippen LogP contribution in [0.3, 0.4) is 0 Å². The van der Waals surface area contributed by atoms with Gasteiger partial charge in [-0.3, -0.25) is 9.11 Å². The fraction of sp³-hybridized carbons (Fsp3) is 0.400. The van der Waals surface area contributed by atoms with E-state index in [1.54, 1.807) is 19.2 Å². The van der Waals surface area contributed by atoms with Gasteiger partial charge in [-0.25, -0.2) is 0 Å². The van der Waals surface area contributed by atoms with Crippen LogP contribution in [0.4, 0.5) is 0 Å². The van der Waals surface area contributed by atoms with E-state index in [0.717, 1.165) is 18.7 Å². The number of hydrogen-bond donors (Lipinski definition) is 3. The molecule has 10 nitrogen and oxygen atoms in total. The van der Waals surface area contributed by atoms with Crippen molar-refractivity contribution < 1.29 is 40.2 Å². The highest BCUT2D eigenvalue weighted by atomic mass is 35.5. The van der Waals surface area contributed by atoms with Gasteiger partial charge in [0.05, 0.1) is 25.2 Å². The molecule has 184 valence electrons. The smallest absolute Gasteiger partial charge is 0.265 e. The van der Waals surface area contributed by atoms with Crippen LogP contribution in [0, 0.1) is 0 Å². The Morgan fingerprint density at radius 2 is 1.70 bits per heavy atom. The molecule has 1 heterocycles. The van der Waals surface area contributed by atoms with Gasteiger partial charge in [-0.15, -0.1) is 0 Å². The number of rotatable bonds is 8. The molecule has 2 aromatic carbocycles. The van der Waals surface area contributed by atoms with E-state index >= 15 is 0 Å². The maximum atomic E-state index is 9.86. The molecule has 1 aliphatic heterocycles. The normalized spacial score (nSPS) is 17.4. The van der Waals surface area contributed by atoms with Crippen molar-refractivity contribution in [2.45, 2.75) is 12.2 Å². The zero-order valence-electron chi connectivity index (χ0n) is 17.8. The highest BCUT2D eigenvalue weighted by Gasteiger charge is 2.28. The summed E-state index contributed by atoms with van der Waals surface area (Å²) in [7, 11) is -6.99. The molecular weight excluding hydrogens is 498 g/mol. The second-order valence-corrected chi connectivity index (χ2v) is 10.5. The first-order valence-electron chi connectivity index (χ1n) is 9.76. The Hall–Kier alpha value is -1.93. The van der Waals surface area contributed by atoms with E-state index in [0.29, 0.717) is 23.1 Å². The molecule has 1 unspecified atom stereocenters. The molecule has 0 aliphatic carbocycles. The van der Waals surface area contributed by atoms with E-state index in [2.05, 4.69) is 5.32 Å². The van der Waals surface area contributed by atoms with Crippen molar-refractivity contribution in [3.8, 4) is 11.5 Å². The minimum Gasteiger partial charge on any atom is -0.493 e. The van der Waals surface area contributed by atoms with Crippen molar-refractivity contribution in [2.75, 3.05) is 38.3 Å². The van der Waals surface area contributed by atoms with E-state index < -0.39 is 31.7 Å². The third-order valence-electron chi connectivity index (χ3n) is 4.40. The Bertz CT molecular complexity index is 1060. The summed E-state index contributed by atoms with van der Waals surface area (Å²) in [5.41, 5.74) is 1.07. The molecular formula is C20H26ClNO9S2. The second kappa shape index (κ2) is 12.5. The lowest BCUT2D eigenvalue weighted by Gasteiger charge is -2.32. The standard InChI is InChI=1S/C18H20ClNO3.C2H6O6S2/c1-21-16-11-14(19)7-8-15(16)23-18(13-5-3-2-4-6-13)17-12-20-9-10-22-17;3-9(4,5)1-2-10(6,7)8/h2-8,11,17-18,20H,9-10,12H2,1H3;1-2H2,(H,3,4,5)(H,6,7,8)/t17?,18-;/m0./s1. The average Bonchev–Trinajstić information content (AvgIpc) is 2.77. The number of methoxy groups -OCH3 is 1. The van der Waals surface area contributed by atoms with Crippen molar-refractivity contribution >= 4 is 31.8 Å². The van der Waals surface area contributed by atoms with Gasteiger partial charge in [0.2, 0.25) is 0 Å². The summed E-state index contributed by atoms with van der Waals surface area (Å²) < 4.78 is 72.9. The number of nitrogens with one attached hydrogen (secondary N) is 1. The topological polar surface area (TPSA) is 148 Å². The minimum atomic E-state index is -4.30. The molecule has 1 fully saturated rings. The maximum absolute atomic E-state index is 9.86. The molecule has 0 saturated carbocycles. The van der Waals surface area contributed by atoms with Crippen molar-refractivity contribution in [3.05, 3.63) is 59.1 Å². The highest BCUT2D eigenvalue weighted by molar-refractivity contribution is 7.89. The number of hydrogen-bond acceptors (Lipinski definition) is 8. The fourth-order valence-electron chi connectivity index (χ4n) is 2.87. The van der Waals surface area contributed by atoms with Crippen LogP contribution >= 0.6 is 11.6 Å². The molecule has 0 spiro atoms. The van der Waals surface area contributed by atoms with Gasteiger partial charge in [0.1, 0.15) is 6.10 Å². The van der Waals surface area contributed by atoms with Crippen LogP contribution in [0.25, 0.3) is 0 Å². The zero-order valence-corrected chi connectivity index (χ0v) is 20.1. The number of ether oxygens (including phenoxy) is 3. The Kier molecular flexibility index (Phi) is 10.4. The summed E-state index contributed by atoms with van der Waals surface area (Å²) in [5, 5.41) is 3.96. The highest BCUT2D eigenvalue weighted by Crippen LogP contribution is 2.35. The van der Waals surface area contributed by atoms with Gasteiger partial charge in [-0.1, -0.05) is 41.9 Å². The predicted octanol–water partition coefficient (Wildman–Crippen LogP) is 2.22. The summed E-state index contributed by atoms with van der Waals surface area (Å²) in [4.78, 5) is 0. The third kappa shape index (κ3) is 10.3. The molecule has 0 radical (unpaired) electrons. The molecule has 3 rings (SSSR count). The second-order valence-electron chi connectivity index (χ2n) is 6.93. The van der Waals surface area contributed by atoms with Gasteiger partial charge in [-0.05, 0) is 17.7 Å². The summed E-state index contributed by atoms with van der Waals surface area (Å²) in [6.45, 7) is 2.28. The predicted molar refractivity (Wildman–Crippen MR) is 123 cm³/mol. The maximum Gasteiger partial charge on any atom is 0.265 e. The largest absolute Gasteiger partial charge is 0.493 e. The Morgan fingerprint density at radius 3 is 2.21 bits per heavy atom. The Balaban J connectivity index is 0.000000328. The van der Waals surface area contributed by atoms with Gasteiger partial charge in [-0.2, -0.15) is 16.8 Å².